The van der Waals surface area contributed by atoms with Crippen LogP contribution in [0.5, 0.6) is 5.75 Å². The van der Waals surface area contributed by atoms with Gasteiger partial charge in [0.05, 0.1) is 12.4 Å². The van der Waals surface area contributed by atoms with Crippen LogP contribution >= 0.6 is 11.8 Å². The number of thioether (sulfide) groups is 1. The number of ether oxygens (including phenoxy) is 1. The van der Waals surface area contributed by atoms with Gasteiger partial charge in [-0.05, 0) is 62.2 Å². The summed E-state index contributed by atoms with van der Waals surface area (Å²) in [6, 6.07) is 14.9. The maximum Gasteiger partial charge on any atom is 0.251 e. The van der Waals surface area contributed by atoms with E-state index in [9.17, 15) is 9.59 Å². The highest BCUT2D eigenvalue weighted by Crippen LogP contribution is 2.26. The molecule has 1 aliphatic rings. The predicted molar refractivity (Wildman–Crippen MR) is 104 cm³/mol. The van der Waals surface area contributed by atoms with Crippen molar-refractivity contribution in [1.82, 2.24) is 5.32 Å². The van der Waals surface area contributed by atoms with Crippen molar-refractivity contribution < 1.29 is 14.3 Å². The molecule has 2 amide bonds. The molecule has 1 fully saturated rings. The summed E-state index contributed by atoms with van der Waals surface area (Å²) in [5.41, 5.74) is 1.19. The molecule has 2 N–H and O–H groups in total. The molecule has 136 valence electrons. The lowest BCUT2D eigenvalue weighted by molar-refractivity contribution is -0.115. The minimum absolute atomic E-state index is 0.0933. The average Bonchev–Trinajstić information content (AvgIpc) is 3.46. The van der Waals surface area contributed by atoms with E-state index in [0.29, 0.717) is 17.3 Å². The molecule has 1 unspecified atom stereocenters. The van der Waals surface area contributed by atoms with Gasteiger partial charge in [0, 0.05) is 22.2 Å². The second-order valence-corrected chi connectivity index (χ2v) is 7.67. The molecule has 2 aromatic rings. The Morgan fingerprint density at radius 1 is 1.15 bits per heavy atom. The highest BCUT2D eigenvalue weighted by Gasteiger charge is 2.24. The summed E-state index contributed by atoms with van der Waals surface area (Å²) in [4.78, 5) is 25.6. The highest BCUT2D eigenvalue weighted by atomic mass is 32.2. The van der Waals surface area contributed by atoms with Crippen molar-refractivity contribution in [3.05, 3.63) is 54.1 Å². The van der Waals surface area contributed by atoms with E-state index in [2.05, 4.69) is 10.6 Å². The standard InChI is InChI=1S/C20H22N2O3S/c1-13(26-18-10-8-17(25-2)9-11-18)19(23)22-16-5-3-4-14(12-16)20(24)21-15-6-7-15/h3-5,8-13,15H,6-7H2,1-2H3,(H,21,24)(H,22,23). The Hall–Kier alpha value is -2.47. The molecular weight excluding hydrogens is 348 g/mol. The molecule has 26 heavy (non-hydrogen) atoms. The van der Waals surface area contributed by atoms with E-state index in [4.69, 9.17) is 4.74 Å². The summed E-state index contributed by atoms with van der Waals surface area (Å²) >= 11 is 1.47. The normalized spacial score (nSPS) is 14.4. The van der Waals surface area contributed by atoms with Gasteiger partial charge in [0.15, 0.2) is 0 Å². The zero-order valence-corrected chi connectivity index (χ0v) is 15.6. The second-order valence-electron chi connectivity index (χ2n) is 6.25. The molecule has 1 aliphatic carbocycles. The number of carbonyl (C=O) groups is 2. The van der Waals surface area contributed by atoms with Gasteiger partial charge in [-0.1, -0.05) is 6.07 Å². The van der Waals surface area contributed by atoms with E-state index < -0.39 is 0 Å². The molecular formula is C20H22N2O3S. The topological polar surface area (TPSA) is 67.4 Å². The third-order valence-electron chi connectivity index (χ3n) is 4.05. The Morgan fingerprint density at radius 3 is 2.54 bits per heavy atom. The third-order valence-corrected chi connectivity index (χ3v) is 5.16. The fraction of sp³-hybridized carbons (Fsp3) is 0.300. The SMILES string of the molecule is COc1ccc(SC(C)C(=O)Nc2cccc(C(=O)NC3CC3)c2)cc1. The molecule has 0 radical (unpaired) electrons. The van der Waals surface area contributed by atoms with Crippen LogP contribution in [0.3, 0.4) is 0 Å². The lowest BCUT2D eigenvalue weighted by Crippen LogP contribution is -2.26. The van der Waals surface area contributed by atoms with Crippen LogP contribution in [-0.4, -0.2) is 30.2 Å². The number of rotatable bonds is 7. The van der Waals surface area contributed by atoms with Crippen molar-refractivity contribution in [1.29, 1.82) is 0 Å². The van der Waals surface area contributed by atoms with Crippen LogP contribution < -0.4 is 15.4 Å². The Kier molecular flexibility index (Phi) is 5.83. The number of benzene rings is 2. The number of methoxy groups -OCH3 is 1. The van der Waals surface area contributed by atoms with Crippen molar-refractivity contribution in [3.63, 3.8) is 0 Å². The van der Waals surface area contributed by atoms with Crippen LogP contribution in [-0.2, 0) is 4.79 Å². The van der Waals surface area contributed by atoms with Gasteiger partial charge in [-0.3, -0.25) is 9.59 Å². The van der Waals surface area contributed by atoms with Gasteiger partial charge >= 0.3 is 0 Å². The summed E-state index contributed by atoms with van der Waals surface area (Å²) in [5, 5.41) is 5.56. The summed E-state index contributed by atoms with van der Waals surface area (Å²) < 4.78 is 5.14. The van der Waals surface area contributed by atoms with Crippen molar-refractivity contribution in [3.8, 4) is 5.75 Å². The molecule has 0 aromatic heterocycles. The molecule has 3 rings (SSSR count). The summed E-state index contributed by atoms with van der Waals surface area (Å²) in [7, 11) is 1.62. The first-order valence-electron chi connectivity index (χ1n) is 8.57. The smallest absolute Gasteiger partial charge is 0.251 e. The number of amides is 2. The van der Waals surface area contributed by atoms with E-state index in [1.165, 1.54) is 11.8 Å². The summed E-state index contributed by atoms with van der Waals surface area (Å²) in [6.07, 6.45) is 2.09. The van der Waals surface area contributed by atoms with Gasteiger partial charge in [-0.2, -0.15) is 0 Å². The minimum atomic E-state index is -0.271. The molecule has 1 saturated carbocycles. The van der Waals surface area contributed by atoms with Gasteiger partial charge in [-0.15, -0.1) is 11.8 Å². The first-order chi connectivity index (χ1) is 12.5. The van der Waals surface area contributed by atoms with Crippen LogP contribution in [0, 0.1) is 0 Å². The minimum Gasteiger partial charge on any atom is -0.497 e. The van der Waals surface area contributed by atoms with Crippen LogP contribution in [0.2, 0.25) is 0 Å². The maximum absolute atomic E-state index is 12.5. The number of hydrogen-bond donors (Lipinski definition) is 2. The maximum atomic E-state index is 12.5. The molecule has 0 spiro atoms. The first-order valence-corrected chi connectivity index (χ1v) is 9.45. The third kappa shape index (κ3) is 5.02. The Bertz CT molecular complexity index is 788. The van der Waals surface area contributed by atoms with Gasteiger partial charge in [0.1, 0.15) is 5.75 Å². The van der Waals surface area contributed by atoms with Crippen LogP contribution in [0.1, 0.15) is 30.1 Å². The van der Waals surface area contributed by atoms with Crippen LogP contribution in [0.15, 0.2) is 53.4 Å². The van der Waals surface area contributed by atoms with Gasteiger partial charge < -0.3 is 15.4 Å². The number of hydrogen-bond acceptors (Lipinski definition) is 4. The Labute approximate surface area is 157 Å². The number of nitrogens with one attached hydrogen (secondary N) is 2. The van der Waals surface area contributed by atoms with Crippen LogP contribution in [0.25, 0.3) is 0 Å². The van der Waals surface area contributed by atoms with Crippen molar-refractivity contribution >= 4 is 29.3 Å². The summed E-state index contributed by atoms with van der Waals surface area (Å²) in [6.45, 7) is 1.86. The van der Waals surface area contributed by atoms with Gasteiger partial charge in [0.25, 0.3) is 5.91 Å². The first kappa shape index (κ1) is 18.3. The average molecular weight is 370 g/mol. The van der Waals surface area contributed by atoms with E-state index in [-0.39, 0.29) is 17.1 Å². The summed E-state index contributed by atoms with van der Waals surface area (Å²) in [5.74, 6) is 0.586. The van der Waals surface area contributed by atoms with E-state index in [1.807, 2.05) is 31.2 Å². The largest absolute Gasteiger partial charge is 0.497 e. The molecule has 2 aromatic carbocycles. The van der Waals surface area contributed by atoms with Gasteiger partial charge in [0.2, 0.25) is 5.91 Å². The van der Waals surface area contributed by atoms with Gasteiger partial charge in [-0.25, -0.2) is 0 Å². The second kappa shape index (κ2) is 8.27. The van der Waals surface area contributed by atoms with Crippen LogP contribution in [0.4, 0.5) is 5.69 Å². The Balaban J connectivity index is 1.58. The van der Waals surface area contributed by atoms with Crippen molar-refractivity contribution in [2.75, 3.05) is 12.4 Å². The lowest BCUT2D eigenvalue weighted by Gasteiger charge is -2.13. The van der Waals surface area contributed by atoms with Crippen molar-refractivity contribution in [2.45, 2.75) is 36.0 Å². The molecule has 0 aliphatic heterocycles. The fourth-order valence-electron chi connectivity index (χ4n) is 2.39. The zero-order valence-electron chi connectivity index (χ0n) is 14.8. The highest BCUT2D eigenvalue weighted by molar-refractivity contribution is 8.00. The van der Waals surface area contributed by atoms with Crippen molar-refractivity contribution in [2.24, 2.45) is 0 Å². The van der Waals surface area contributed by atoms with E-state index in [1.54, 1.807) is 31.4 Å². The quantitative estimate of drug-likeness (QED) is 0.729. The fourth-order valence-corrected chi connectivity index (χ4v) is 3.26. The van der Waals surface area contributed by atoms with E-state index in [0.717, 1.165) is 23.5 Å². The number of anilines is 1. The number of carbonyl (C=O) groups excluding carboxylic acids is 2. The molecule has 0 heterocycles. The molecule has 6 heteroatoms. The molecule has 1 atom stereocenters. The Morgan fingerprint density at radius 2 is 1.88 bits per heavy atom. The lowest BCUT2D eigenvalue weighted by atomic mass is 10.2. The zero-order chi connectivity index (χ0) is 18.5. The molecule has 5 nitrogen and oxygen atoms in total. The monoisotopic (exact) mass is 370 g/mol. The molecule has 0 bridgehead atoms. The molecule has 0 saturated heterocycles. The predicted octanol–water partition coefficient (Wildman–Crippen LogP) is 3.71. The van der Waals surface area contributed by atoms with E-state index >= 15 is 0 Å².